The Kier molecular flexibility index (Phi) is 5.64. The lowest BCUT2D eigenvalue weighted by molar-refractivity contribution is 0.0601. The predicted octanol–water partition coefficient (Wildman–Crippen LogP) is 4.26. The quantitative estimate of drug-likeness (QED) is 0.590. The van der Waals surface area contributed by atoms with Crippen LogP contribution < -0.4 is 16.0 Å². The van der Waals surface area contributed by atoms with Gasteiger partial charge in [0.15, 0.2) is 0 Å². The number of benzene rings is 2. The molecule has 0 aliphatic heterocycles. The molecular weight excluding hydrogens is 344 g/mol. The van der Waals surface area contributed by atoms with Crippen LogP contribution in [0.4, 0.5) is 27.7 Å². The molecule has 0 spiro atoms. The number of ether oxygens (including phenoxy) is 1. The first-order valence-electron chi connectivity index (χ1n) is 8.18. The zero-order valence-electron chi connectivity index (χ0n) is 14.6. The third-order valence-corrected chi connectivity index (χ3v) is 3.61. The number of hydrogen-bond donors (Lipinski definition) is 3. The monoisotopic (exact) mass is 362 g/mol. The normalized spacial score (nSPS) is 9.96. The molecule has 2 amide bonds. The maximum atomic E-state index is 12.0. The van der Waals surface area contributed by atoms with Crippen LogP contribution >= 0.6 is 0 Å². The molecule has 0 aliphatic carbocycles. The molecular formula is C20H18N4O3. The highest BCUT2D eigenvalue weighted by Crippen LogP contribution is 2.18. The van der Waals surface area contributed by atoms with Crippen molar-refractivity contribution >= 4 is 34.9 Å². The average molecular weight is 362 g/mol. The van der Waals surface area contributed by atoms with Crippen molar-refractivity contribution in [3.05, 3.63) is 78.5 Å². The van der Waals surface area contributed by atoms with E-state index in [1.807, 2.05) is 24.3 Å². The van der Waals surface area contributed by atoms with Crippen molar-refractivity contribution in [3.8, 4) is 0 Å². The van der Waals surface area contributed by atoms with Crippen LogP contribution in [0.5, 0.6) is 0 Å². The number of anilines is 4. The maximum Gasteiger partial charge on any atom is 0.337 e. The van der Waals surface area contributed by atoms with E-state index in [-0.39, 0.29) is 6.03 Å². The number of nitrogens with zero attached hydrogens (tertiary/aromatic N) is 1. The Morgan fingerprint density at radius 1 is 0.852 bits per heavy atom. The van der Waals surface area contributed by atoms with Crippen LogP contribution in [0, 0.1) is 0 Å². The minimum atomic E-state index is -0.407. The molecule has 3 aromatic rings. The number of pyridine rings is 1. The van der Waals surface area contributed by atoms with Crippen LogP contribution in [0.2, 0.25) is 0 Å². The number of rotatable bonds is 5. The van der Waals surface area contributed by atoms with Crippen LogP contribution in [0.1, 0.15) is 10.4 Å². The van der Waals surface area contributed by atoms with Gasteiger partial charge in [-0.1, -0.05) is 24.3 Å². The summed E-state index contributed by atoms with van der Waals surface area (Å²) < 4.78 is 4.71. The van der Waals surface area contributed by atoms with Crippen molar-refractivity contribution in [2.45, 2.75) is 0 Å². The summed E-state index contributed by atoms with van der Waals surface area (Å²) in [6, 6.07) is 19.2. The van der Waals surface area contributed by atoms with Crippen LogP contribution in [0.15, 0.2) is 72.9 Å². The van der Waals surface area contributed by atoms with E-state index in [0.29, 0.717) is 28.4 Å². The second kappa shape index (κ2) is 8.48. The van der Waals surface area contributed by atoms with E-state index in [9.17, 15) is 9.59 Å². The van der Waals surface area contributed by atoms with E-state index in [4.69, 9.17) is 4.74 Å². The van der Waals surface area contributed by atoms with E-state index in [2.05, 4.69) is 20.9 Å². The van der Waals surface area contributed by atoms with Gasteiger partial charge in [-0.3, -0.25) is 0 Å². The molecule has 0 saturated carbocycles. The number of nitrogens with one attached hydrogen (secondary N) is 3. The zero-order chi connectivity index (χ0) is 19.1. The Morgan fingerprint density at radius 3 is 2.30 bits per heavy atom. The van der Waals surface area contributed by atoms with Crippen LogP contribution in [0.25, 0.3) is 0 Å². The zero-order valence-corrected chi connectivity index (χ0v) is 14.6. The van der Waals surface area contributed by atoms with Gasteiger partial charge in [0.2, 0.25) is 0 Å². The molecule has 0 aliphatic rings. The summed E-state index contributed by atoms with van der Waals surface area (Å²) >= 11 is 0. The van der Waals surface area contributed by atoms with Gasteiger partial charge in [0.05, 0.1) is 24.6 Å². The van der Waals surface area contributed by atoms with Crippen LogP contribution in [-0.2, 0) is 4.74 Å². The van der Waals surface area contributed by atoms with Gasteiger partial charge in [0.1, 0.15) is 5.82 Å². The van der Waals surface area contributed by atoms with Gasteiger partial charge in [-0.2, -0.15) is 0 Å². The fourth-order valence-electron chi connectivity index (χ4n) is 2.35. The Morgan fingerprint density at radius 2 is 1.59 bits per heavy atom. The molecule has 1 heterocycles. The third kappa shape index (κ3) is 5.05. The number of methoxy groups -OCH3 is 1. The predicted molar refractivity (Wildman–Crippen MR) is 104 cm³/mol. The van der Waals surface area contributed by atoms with Crippen molar-refractivity contribution in [2.75, 3.05) is 23.1 Å². The highest BCUT2D eigenvalue weighted by molar-refractivity contribution is 5.99. The highest BCUT2D eigenvalue weighted by atomic mass is 16.5. The molecule has 0 fully saturated rings. The number of urea groups is 1. The van der Waals surface area contributed by atoms with E-state index in [0.717, 1.165) is 0 Å². The summed E-state index contributed by atoms with van der Waals surface area (Å²) in [5.74, 6) is 0.168. The molecule has 1 aromatic heterocycles. The molecule has 3 rings (SSSR count). The van der Waals surface area contributed by atoms with Gasteiger partial charge in [-0.15, -0.1) is 0 Å². The number of carbonyl (C=O) groups is 2. The van der Waals surface area contributed by atoms with E-state index in [1.165, 1.54) is 13.3 Å². The maximum absolute atomic E-state index is 12.0. The van der Waals surface area contributed by atoms with Crippen LogP contribution in [0.3, 0.4) is 0 Å². The minimum Gasteiger partial charge on any atom is -0.465 e. The Hall–Kier alpha value is -3.87. The summed E-state index contributed by atoms with van der Waals surface area (Å²) in [7, 11) is 1.34. The summed E-state index contributed by atoms with van der Waals surface area (Å²) in [5, 5.41) is 8.54. The van der Waals surface area contributed by atoms with E-state index in [1.54, 1.807) is 42.5 Å². The molecule has 3 N–H and O–H groups in total. The second-order valence-electron chi connectivity index (χ2n) is 5.57. The van der Waals surface area contributed by atoms with Crippen molar-refractivity contribution in [3.63, 3.8) is 0 Å². The van der Waals surface area contributed by atoms with Crippen molar-refractivity contribution < 1.29 is 14.3 Å². The third-order valence-electron chi connectivity index (χ3n) is 3.61. The molecule has 0 radical (unpaired) electrons. The number of aromatic nitrogens is 1. The molecule has 0 atom stereocenters. The van der Waals surface area contributed by atoms with Crippen LogP contribution in [-0.4, -0.2) is 24.1 Å². The molecule has 7 nitrogen and oxygen atoms in total. The van der Waals surface area contributed by atoms with Crippen molar-refractivity contribution in [1.29, 1.82) is 0 Å². The molecule has 27 heavy (non-hydrogen) atoms. The Labute approximate surface area is 156 Å². The van der Waals surface area contributed by atoms with Crippen molar-refractivity contribution in [2.24, 2.45) is 0 Å². The van der Waals surface area contributed by atoms with Gasteiger partial charge in [-0.25, -0.2) is 14.6 Å². The SMILES string of the molecule is COC(=O)c1cccc(Nc2ccc(NC(=O)Nc3ccccc3)cn2)c1. The first-order valence-corrected chi connectivity index (χ1v) is 8.18. The fourth-order valence-corrected chi connectivity index (χ4v) is 2.35. The number of hydrogen-bond acceptors (Lipinski definition) is 5. The molecule has 2 aromatic carbocycles. The summed E-state index contributed by atoms with van der Waals surface area (Å²) in [5.41, 5.74) is 2.40. The topological polar surface area (TPSA) is 92.4 Å². The lowest BCUT2D eigenvalue weighted by atomic mass is 10.2. The lowest BCUT2D eigenvalue weighted by Crippen LogP contribution is -2.19. The summed E-state index contributed by atoms with van der Waals surface area (Å²) in [6.07, 6.45) is 1.54. The number of amides is 2. The standard InChI is InChI=1S/C20H18N4O3/c1-27-19(25)14-6-5-9-16(12-14)22-18-11-10-17(13-21-18)24-20(26)23-15-7-3-2-4-8-15/h2-13H,1H3,(H,21,22)(H2,23,24,26). The molecule has 136 valence electrons. The Balaban J connectivity index is 1.60. The van der Waals surface area contributed by atoms with E-state index >= 15 is 0 Å². The summed E-state index contributed by atoms with van der Waals surface area (Å²) in [4.78, 5) is 27.8. The highest BCUT2D eigenvalue weighted by Gasteiger charge is 2.07. The van der Waals surface area contributed by atoms with Gasteiger partial charge >= 0.3 is 12.0 Å². The first-order chi connectivity index (χ1) is 13.1. The molecule has 7 heteroatoms. The van der Waals surface area contributed by atoms with Gasteiger partial charge in [0, 0.05) is 11.4 Å². The second-order valence-corrected chi connectivity index (χ2v) is 5.57. The fraction of sp³-hybridized carbons (Fsp3) is 0.0500. The average Bonchev–Trinajstić information content (AvgIpc) is 2.70. The van der Waals surface area contributed by atoms with Gasteiger partial charge < -0.3 is 20.7 Å². The lowest BCUT2D eigenvalue weighted by Gasteiger charge is -2.09. The number of esters is 1. The van der Waals surface area contributed by atoms with Gasteiger partial charge in [-0.05, 0) is 42.5 Å². The smallest absolute Gasteiger partial charge is 0.337 e. The first kappa shape index (κ1) is 17.9. The largest absolute Gasteiger partial charge is 0.465 e. The minimum absolute atomic E-state index is 0.352. The molecule has 0 bridgehead atoms. The number of para-hydroxylation sites is 1. The van der Waals surface area contributed by atoms with Gasteiger partial charge in [0.25, 0.3) is 0 Å². The number of carbonyl (C=O) groups excluding carboxylic acids is 2. The van der Waals surface area contributed by atoms with Crippen molar-refractivity contribution in [1.82, 2.24) is 4.98 Å². The molecule has 0 unspecified atom stereocenters. The van der Waals surface area contributed by atoms with E-state index < -0.39 is 5.97 Å². The Bertz CT molecular complexity index is 927. The summed E-state index contributed by atoms with van der Waals surface area (Å²) in [6.45, 7) is 0. The molecule has 0 saturated heterocycles.